The Labute approximate surface area is 75.5 Å². The van der Waals surface area contributed by atoms with Gasteiger partial charge in [0.2, 0.25) is 0 Å². The maximum atomic E-state index is 13.0. The lowest BCUT2D eigenvalue weighted by Crippen LogP contribution is -2.00. The lowest BCUT2D eigenvalue weighted by atomic mass is 10.3. The molecule has 1 rings (SSSR count). The molecular weight excluding hydrogens is 177 g/mol. The van der Waals surface area contributed by atoms with Crippen LogP contribution in [0.15, 0.2) is 18.2 Å². The van der Waals surface area contributed by atoms with Crippen molar-refractivity contribution < 1.29 is 4.39 Å². The lowest BCUT2D eigenvalue weighted by molar-refractivity contribution is 0.631. The van der Waals surface area contributed by atoms with Gasteiger partial charge in [-0.05, 0) is 18.2 Å². The Morgan fingerprint density at radius 3 is 2.92 bits per heavy atom. The molecule has 0 aliphatic heterocycles. The number of benzene rings is 1. The maximum Gasteiger partial charge on any atom is 0.147 e. The Morgan fingerprint density at radius 1 is 1.58 bits per heavy atom. The molecule has 1 aromatic rings. The van der Waals surface area contributed by atoms with Gasteiger partial charge in [0.25, 0.3) is 0 Å². The predicted molar refractivity (Wildman–Crippen MR) is 48.7 cm³/mol. The minimum Gasteiger partial charge on any atom is -0.372 e. The zero-order valence-electron chi connectivity index (χ0n) is 6.27. The van der Waals surface area contributed by atoms with Gasteiger partial charge in [-0.2, -0.15) is 0 Å². The van der Waals surface area contributed by atoms with Gasteiger partial charge in [0.1, 0.15) is 5.82 Å². The zero-order valence-corrected chi connectivity index (χ0v) is 7.03. The molecule has 0 radical (unpaired) electrons. The minimum atomic E-state index is -0.391. The number of anilines is 1. The molecule has 0 saturated heterocycles. The van der Waals surface area contributed by atoms with Gasteiger partial charge in [0, 0.05) is 5.02 Å². The van der Waals surface area contributed by atoms with Crippen LogP contribution in [-0.4, -0.2) is 6.54 Å². The van der Waals surface area contributed by atoms with Gasteiger partial charge in [0.15, 0.2) is 0 Å². The standard InChI is InChI=1S/C9H7ClFN/c1-2-5-12-9-4-3-7(10)6-8(9)11/h1,3-4,6,12H,5H2. The van der Waals surface area contributed by atoms with Gasteiger partial charge in [-0.15, -0.1) is 6.42 Å². The predicted octanol–water partition coefficient (Wildman–Crippen LogP) is 2.52. The minimum absolute atomic E-state index is 0.304. The Bertz CT molecular complexity index is 317. The molecule has 0 fully saturated rings. The van der Waals surface area contributed by atoms with Crippen molar-refractivity contribution in [2.75, 3.05) is 11.9 Å². The highest BCUT2D eigenvalue weighted by atomic mass is 35.5. The fraction of sp³-hybridized carbons (Fsp3) is 0.111. The first kappa shape index (κ1) is 8.89. The van der Waals surface area contributed by atoms with Crippen LogP contribution in [-0.2, 0) is 0 Å². The molecule has 3 heteroatoms. The molecule has 62 valence electrons. The number of terminal acetylenes is 1. The van der Waals surface area contributed by atoms with Crippen LogP contribution in [0.2, 0.25) is 5.02 Å². The van der Waals surface area contributed by atoms with Crippen molar-refractivity contribution in [1.82, 2.24) is 0 Å². The molecule has 1 nitrogen and oxygen atoms in total. The Morgan fingerprint density at radius 2 is 2.33 bits per heavy atom. The third-order valence-corrected chi connectivity index (χ3v) is 1.55. The van der Waals surface area contributed by atoms with Gasteiger partial charge < -0.3 is 5.32 Å². The molecule has 0 atom stereocenters. The molecule has 0 spiro atoms. The van der Waals surface area contributed by atoms with E-state index in [-0.39, 0.29) is 0 Å². The SMILES string of the molecule is C#CCNc1ccc(Cl)cc1F. The number of hydrogen-bond acceptors (Lipinski definition) is 1. The van der Waals surface area contributed by atoms with Crippen LogP contribution in [0, 0.1) is 18.2 Å². The lowest BCUT2D eigenvalue weighted by Gasteiger charge is -2.03. The average molecular weight is 184 g/mol. The summed E-state index contributed by atoms with van der Waals surface area (Å²) in [6.45, 7) is 0.304. The summed E-state index contributed by atoms with van der Waals surface area (Å²) < 4.78 is 13.0. The Balaban J connectivity index is 2.81. The van der Waals surface area contributed by atoms with Crippen molar-refractivity contribution in [3.63, 3.8) is 0 Å². The summed E-state index contributed by atoms with van der Waals surface area (Å²) in [5, 5.41) is 3.09. The maximum absolute atomic E-state index is 13.0. The summed E-state index contributed by atoms with van der Waals surface area (Å²) in [6.07, 6.45) is 5.00. The zero-order chi connectivity index (χ0) is 8.97. The normalized spacial score (nSPS) is 9.08. The van der Waals surface area contributed by atoms with E-state index in [2.05, 4.69) is 11.2 Å². The topological polar surface area (TPSA) is 12.0 Å². The number of hydrogen-bond donors (Lipinski definition) is 1. The van der Waals surface area contributed by atoms with E-state index in [1.54, 1.807) is 12.1 Å². The smallest absolute Gasteiger partial charge is 0.147 e. The number of nitrogens with one attached hydrogen (secondary N) is 1. The van der Waals surface area contributed by atoms with E-state index in [9.17, 15) is 4.39 Å². The second-order valence-electron chi connectivity index (χ2n) is 2.18. The quantitative estimate of drug-likeness (QED) is 0.695. The van der Waals surface area contributed by atoms with E-state index in [0.29, 0.717) is 17.3 Å². The average Bonchev–Trinajstić information content (AvgIpc) is 2.03. The first-order chi connectivity index (χ1) is 5.74. The van der Waals surface area contributed by atoms with Gasteiger partial charge in [0.05, 0.1) is 12.2 Å². The summed E-state index contributed by atoms with van der Waals surface area (Å²) in [4.78, 5) is 0. The second-order valence-corrected chi connectivity index (χ2v) is 2.62. The molecule has 0 heterocycles. The van der Waals surface area contributed by atoms with Gasteiger partial charge in [-0.1, -0.05) is 17.5 Å². The molecule has 0 saturated carbocycles. The van der Waals surface area contributed by atoms with Gasteiger partial charge in [-0.3, -0.25) is 0 Å². The Hall–Kier alpha value is -1.20. The molecule has 1 aromatic carbocycles. The summed E-state index contributed by atoms with van der Waals surface area (Å²) in [5.41, 5.74) is 0.373. The summed E-state index contributed by atoms with van der Waals surface area (Å²) in [5.74, 6) is 1.96. The van der Waals surface area contributed by atoms with E-state index >= 15 is 0 Å². The Kier molecular flexibility index (Phi) is 2.95. The molecule has 0 aliphatic rings. The van der Waals surface area contributed by atoms with Crippen molar-refractivity contribution in [2.24, 2.45) is 0 Å². The molecule has 0 unspecified atom stereocenters. The highest BCUT2D eigenvalue weighted by Crippen LogP contribution is 2.18. The van der Waals surface area contributed by atoms with E-state index in [4.69, 9.17) is 18.0 Å². The molecule has 12 heavy (non-hydrogen) atoms. The molecule has 0 aliphatic carbocycles. The van der Waals surface area contributed by atoms with Crippen LogP contribution < -0.4 is 5.32 Å². The summed E-state index contributed by atoms with van der Waals surface area (Å²) in [6, 6.07) is 4.39. The molecule has 0 aromatic heterocycles. The van der Waals surface area contributed by atoms with Crippen LogP contribution in [0.5, 0.6) is 0 Å². The van der Waals surface area contributed by atoms with E-state index in [1.165, 1.54) is 6.07 Å². The van der Waals surface area contributed by atoms with Crippen LogP contribution in [0.1, 0.15) is 0 Å². The van der Waals surface area contributed by atoms with E-state index in [0.717, 1.165) is 0 Å². The van der Waals surface area contributed by atoms with Crippen LogP contribution in [0.3, 0.4) is 0 Å². The highest BCUT2D eigenvalue weighted by molar-refractivity contribution is 6.30. The summed E-state index contributed by atoms with van der Waals surface area (Å²) in [7, 11) is 0. The summed E-state index contributed by atoms with van der Waals surface area (Å²) >= 11 is 5.54. The monoisotopic (exact) mass is 183 g/mol. The highest BCUT2D eigenvalue weighted by Gasteiger charge is 1.99. The van der Waals surface area contributed by atoms with E-state index < -0.39 is 5.82 Å². The van der Waals surface area contributed by atoms with Crippen LogP contribution >= 0.6 is 11.6 Å². The second kappa shape index (κ2) is 3.99. The van der Waals surface area contributed by atoms with Crippen molar-refractivity contribution >= 4 is 17.3 Å². The third kappa shape index (κ3) is 2.14. The number of rotatable bonds is 2. The van der Waals surface area contributed by atoms with Crippen LogP contribution in [0.25, 0.3) is 0 Å². The largest absolute Gasteiger partial charge is 0.372 e. The third-order valence-electron chi connectivity index (χ3n) is 1.31. The first-order valence-electron chi connectivity index (χ1n) is 3.36. The molecule has 0 amide bonds. The fourth-order valence-electron chi connectivity index (χ4n) is 0.779. The van der Waals surface area contributed by atoms with Crippen LogP contribution in [0.4, 0.5) is 10.1 Å². The molecular formula is C9H7ClFN. The fourth-order valence-corrected chi connectivity index (χ4v) is 0.938. The van der Waals surface area contributed by atoms with Crippen molar-refractivity contribution in [3.05, 3.63) is 29.0 Å². The van der Waals surface area contributed by atoms with Gasteiger partial charge >= 0.3 is 0 Å². The van der Waals surface area contributed by atoms with Crippen molar-refractivity contribution in [3.8, 4) is 12.3 Å². The first-order valence-corrected chi connectivity index (χ1v) is 3.74. The van der Waals surface area contributed by atoms with Gasteiger partial charge in [-0.25, -0.2) is 4.39 Å². The van der Waals surface area contributed by atoms with Crippen molar-refractivity contribution in [2.45, 2.75) is 0 Å². The van der Waals surface area contributed by atoms with Crippen molar-refractivity contribution in [1.29, 1.82) is 0 Å². The number of halogens is 2. The molecule has 1 N–H and O–H groups in total. The van der Waals surface area contributed by atoms with E-state index in [1.807, 2.05) is 0 Å². The molecule has 0 bridgehead atoms.